The lowest BCUT2D eigenvalue weighted by atomic mass is 10.1. The molecule has 2 aliphatic rings. The van der Waals surface area contributed by atoms with Crippen molar-refractivity contribution in [3.8, 4) is 0 Å². The van der Waals surface area contributed by atoms with Gasteiger partial charge in [-0.2, -0.15) is 45.3 Å². The minimum absolute atomic E-state index is 0.798. The average Bonchev–Trinajstić information content (AvgIpc) is 3.96. The van der Waals surface area contributed by atoms with Crippen molar-refractivity contribution in [1.82, 2.24) is 19.9 Å². The molecule has 0 spiro atoms. The maximum absolute atomic E-state index is 5.37. The summed E-state index contributed by atoms with van der Waals surface area (Å²) in [6, 6.07) is 17.8. The Morgan fingerprint density at radius 2 is 0.646 bits per heavy atom. The van der Waals surface area contributed by atoms with Crippen LogP contribution in [-0.2, 0) is 25.7 Å². The van der Waals surface area contributed by atoms with Crippen LogP contribution in [0.2, 0.25) is 0 Å². The zero-order valence-corrected chi connectivity index (χ0v) is 29.2. The lowest BCUT2D eigenvalue weighted by molar-refractivity contribution is 1.12. The Hall–Kier alpha value is -4.60. The molecule has 0 fully saturated rings. The summed E-state index contributed by atoms with van der Waals surface area (Å²) in [5, 5.41) is 17.6. The van der Waals surface area contributed by atoms with Crippen LogP contribution >= 0.6 is 45.3 Å². The van der Waals surface area contributed by atoms with E-state index < -0.39 is 0 Å². The Morgan fingerprint density at radius 3 is 0.875 bits per heavy atom. The monoisotopic (exact) mass is 694 g/mol. The van der Waals surface area contributed by atoms with Gasteiger partial charge in [0, 0.05) is 70.0 Å². The number of nitrogens with zero attached hydrogens (tertiary/aromatic N) is 2. The van der Waals surface area contributed by atoms with E-state index in [-0.39, 0.29) is 0 Å². The Balaban J connectivity index is 1.37. The van der Waals surface area contributed by atoms with Crippen LogP contribution in [0.4, 0.5) is 0 Å². The summed E-state index contributed by atoms with van der Waals surface area (Å²) in [5.41, 5.74) is 18.3. The second-order valence-corrected chi connectivity index (χ2v) is 15.3. The van der Waals surface area contributed by atoms with Crippen molar-refractivity contribution in [2.24, 2.45) is 0 Å². The van der Waals surface area contributed by atoms with Crippen LogP contribution in [0.5, 0.6) is 0 Å². The summed E-state index contributed by atoms with van der Waals surface area (Å²) in [7, 11) is 0. The molecule has 0 amide bonds. The fourth-order valence-corrected chi connectivity index (χ4v) is 9.25. The first kappa shape index (κ1) is 29.5. The van der Waals surface area contributed by atoms with Gasteiger partial charge in [0.05, 0.1) is 22.8 Å². The Bertz CT molecular complexity index is 2100. The molecule has 2 aliphatic heterocycles. The van der Waals surface area contributed by atoms with Gasteiger partial charge in [0.1, 0.15) is 0 Å². The van der Waals surface area contributed by atoms with E-state index in [4.69, 9.17) is 9.97 Å². The predicted octanol–water partition coefficient (Wildman–Crippen LogP) is 11.3. The summed E-state index contributed by atoms with van der Waals surface area (Å²) < 4.78 is 0. The molecule has 9 heterocycles. The van der Waals surface area contributed by atoms with E-state index in [1.807, 2.05) is 0 Å². The highest BCUT2D eigenvalue weighted by molar-refractivity contribution is 7.08. The summed E-state index contributed by atoms with van der Waals surface area (Å²) in [6.45, 7) is 0. The van der Waals surface area contributed by atoms with Crippen LogP contribution in [0.1, 0.15) is 67.3 Å². The van der Waals surface area contributed by atoms with Gasteiger partial charge in [0.2, 0.25) is 0 Å². The van der Waals surface area contributed by atoms with Gasteiger partial charge in [-0.25, -0.2) is 9.97 Å². The molecular weight excluding hydrogens is 665 g/mol. The SMILES string of the molecule is C1=Cc2nc1c(Cc1ccsc1)c1ccc([nH]1)c(Cc1ccsc1)c1nc(c(Cc3ccsc3)c3ccc([nH]3)c2Cc2ccsc2)C=C1. The molecule has 8 bridgehead atoms. The number of rotatable bonds is 8. The molecule has 0 saturated carbocycles. The van der Waals surface area contributed by atoms with Crippen LogP contribution in [0.3, 0.4) is 0 Å². The molecular formula is C40H30N4S4. The highest BCUT2D eigenvalue weighted by Gasteiger charge is 2.17. The van der Waals surface area contributed by atoms with Crippen LogP contribution in [0.25, 0.3) is 46.4 Å². The number of thiophene rings is 4. The quantitative estimate of drug-likeness (QED) is 0.166. The molecule has 48 heavy (non-hydrogen) atoms. The van der Waals surface area contributed by atoms with Crippen molar-refractivity contribution in [2.75, 3.05) is 0 Å². The predicted molar refractivity (Wildman–Crippen MR) is 207 cm³/mol. The fourth-order valence-electron chi connectivity index (χ4n) is 6.58. The number of H-pyrrole nitrogens is 2. The molecule has 0 aliphatic carbocycles. The van der Waals surface area contributed by atoms with Crippen molar-refractivity contribution in [2.45, 2.75) is 25.7 Å². The normalized spacial score (nSPS) is 12.3. The topological polar surface area (TPSA) is 57.4 Å². The number of hydrogen-bond donors (Lipinski definition) is 2. The highest BCUT2D eigenvalue weighted by Crippen LogP contribution is 2.31. The molecule has 234 valence electrons. The number of aromatic amines is 2. The summed E-state index contributed by atoms with van der Waals surface area (Å²) in [4.78, 5) is 18.4. The molecule has 9 rings (SSSR count). The van der Waals surface area contributed by atoms with Crippen molar-refractivity contribution in [3.05, 3.63) is 159 Å². The van der Waals surface area contributed by atoms with Crippen molar-refractivity contribution < 1.29 is 0 Å². The molecule has 7 aromatic rings. The summed E-state index contributed by atoms with van der Waals surface area (Å²) in [6.07, 6.45) is 12.0. The van der Waals surface area contributed by atoms with Crippen LogP contribution in [-0.4, -0.2) is 19.9 Å². The maximum Gasteiger partial charge on any atom is 0.0693 e. The first-order chi connectivity index (χ1) is 23.7. The first-order valence-corrected chi connectivity index (χ1v) is 19.7. The lowest BCUT2D eigenvalue weighted by Crippen LogP contribution is -1.96. The van der Waals surface area contributed by atoms with Gasteiger partial charge < -0.3 is 9.97 Å². The third-order valence-corrected chi connectivity index (χ3v) is 12.0. The van der Waals surface area contributed by atoms with Gasteiger partial charge in [-0.05, 0) is 138 Å². The van der Waals surface area contributed by atoms with Gasteiger partial charge in [0.25, 0.3) is 0 Å². The molecule has 0 aromatic carbocycles. The molecule has 0 atom stereocenters. The molecule has 0 unspecified atom stereocenters. The minimum atomic E-state index is 0.798. The first-order valence-electron chi connectivity index (χ1n) is 15.9. The average molecular weight is 695 g/mol. The zero-order valence-electron chi connectivity index (χ0n) is 25.9. The van der Waals surface area contributed by atoms with E-state index in [2.05, 4.69) is 126 Å². The maximum atomic E-state index is 5.37. The van der Waals surface area contributed by atoms with Gasteiger partial charge in [-0.15, -0.1) is 0 Å². The van der Waals surface area contributed by atoms with Crippen molar-refractivity contribution >= 4 is 91.7 Å². The van der Waals surface area contributed by atoms with Gasteiger partial charge in [-0.1, -0.05) is 0 Å². The van der Waals surface area contributed by atoms with Crippen LogP contribution in [0, 0.1) is 0 Å². The minimum Gasteiger partial charge on any atom is -0.355 e. The molecule has 4 nitrogen and oxygen atoms in total. The third kappa shape index (κ3) is 5.86. The molecule has 7 aromatic heterocycles. The summed E-state index contributed by atoms with van der Waals surface area (Å²) in [5.74, 6) is 0. The lowest BCUT2D eigenvalue weighted by Gasteiger charge is -2.05. The highest BCUT2D eigenvalue weighted by atomic mass is 32.1. The largest absolute Gasteiger partial charge is 0.355 e. The van der Waals surface area contributed by atoms with Gasteiger partial charge >= 0.3 is 0 Å². The van der Waals surface area contributed by atoms with Gasteiger partial charge in [0.15, 0.2) is 0 Å². The Kier molecular flexibility index (Phi) is 7.86. The number of aromatic nitrogens is 4. The molecule has 2 N–H and O–H groups in total. The van der Waals surface area contributed by atoms with E-state index in [1.54, 1.807) is 45.3 Å². The Morgan fingerprint density at radius 1 is 0.375 bits per heavy atom. The number of nitrogens with one attached hydrogen (secondary N) is 2. The number of fused-ring (bicyclic) bond motifs is 8. The van der Waals surface area contributed by atoms with Gasteiger partial charge in [-0.3, -0.25) is 0 Å². The van der Waals surface area contributed by atoms with E-state index in [9.17, 15) is 0 Å². The van der Waals surface area contributed by atoms with E-state index in [0.717, 1.165) is 70.5 Å². The van der Waals surface area contributed by atoms with Crippen LogP contribution in [0.15, 0.2) is 91.6 Å². The van der Waals surface area contributed by atoms with E-state index >= 15 is 0 Å². The zero-order chi connectivity index (χ0) is 31.9. The van der Waals surface area contributed by atoms with Crippen molar-refractivity contribution in [3.63, 3.8) is 0 Å². The number of hydrogen-bond acceptors (Lipinski definition) is 6. The van der Waals surface area contributed by atoms with Crippen LogP contribution < -0.4 is 0 Å². The molecule has 0 radical (unpaired) electrons. The second-order valence-electron chi connectivity index (χ2n) is 12.2. The summed E-state index contributed by atoms with van der Waals surface area (Å²) >= 11 is 6.95. The smallest absolute Gasteiger partial charge is 0.0693 e. The third-order valence-electron chi connectivity index (χ3n) is 9.03. The fraction of sp³-hybridized carbons (Fsp3) is 0.100. The molecule has 0 saturated heterocycles. The van der Waals surface area contributed by atoms with E-state index in [0.29, 0.717) is 0 Å². The standard InChI is InChI=1S/C40H30N4S4/c1-2-34-30(18-26-10-14-46-22-26)36-5-6-38(43-36)32(20-28-12-16-48-24-28)40-8-7-39(44-40)31(19-27-11-15-47-23-27)37-4-3-35(42-37)29(33(1)41-34)17-25-9-13-45-21-25/h1-16,21-24,41,44H,17-20H2. The molecule has 8 heteroatoms. The Labute approximate surface area is 294 Å². The van der Waals surface area contributed by atoms with Crippen molar-refractivity contribution in [1.29, 1.82) is 0 Å². The second kappa shape index (κ2) is 12.8. The van der Waals surface area contributed by atoms with E-state index in [1.165, 1.54) is 44.5 Å².